The van der Waals surface area contributed by atoms with Crippen LogP contribution in [0.5, 0.6) is 0 Å². The van der Waals surface area contributed by atoms with Crippen molar-refractivity contribution in [3.63, 3.8) is 0 Å². The van der Waals surface area contributed by atoms with Gasteiger partial charge in [0.25, 0.3) is 5.56 Å². The molecule has 2 heterocycles. The first-order chi connectivity index (χ1) is 12.1. The van der Waals surface area contributed by atoms with E-state index in [4.69, 9.17) is 0 Å². The first-order valence-electron chi connectivity index (χ1n) is 8.59. The van der Waals surface area contributed by atoms with Crippen molar-refractivity contribution >= 4 is 17.0 Å². The van der Waals surface area contributed by atoms with E-state index in [0.717, 1.165) is 13.1 Å². The van der Waals surface area contributed by atoms with E-state index in [1.807, 2.05) is 18.2 Å². The summed E-state index contributed by atoms with van der Waals surface area (Å²) >= 11 is 0. The largest absolute Gasteiger partial charge is 0.354 e. The first-order valence-corrected chi connectivity index (χ1v) is 8.59. The summed E-state index contributed by atoms with van der Waals surface area (Å²) in [6.07, 6.45) is 1.54. The van der Waals surface area contributed by atoms with Crippen molar-refractivity contribution in [3.05, 3.63) is 52.4 Å². The number of likely N-dealkylation sites (N-methyl/N-ethyl adjacent to an activating group) is 1. The fraction of sp³-hybridized carbons (Fsp3) is 0.389. The van der Waals surface area contributed by atoms with E-state index >= 15 is 0 Å². The number of fused-ring (bicyclic) bond motifs is 1. The number of rotatable bonds is 7. The van der Waals surface area contributed by atoms with E-state index in [9.17, 15) is 4.79 Å². The van der Waals surface area contributed by atoms with E-state index in [1.54, 1.807) is 11.7 Å². The minimum absolute atomic E-state index is 0.181. The second-order valence-electron chi connectivity index (χ2n) is 5.95. The smallest absolute Gasteiger partial charge is 0.263 e. The van der Waals surface area contributed by atoms with Gasteiger partial charge in [0, 0.05) is 13.6 Å². The van der Waals surface area contributed by atoms with Gasteiger partial charge in [-0.1, -0.05) is 44.2 Å². The molecule has 0 unspecified atom stereocenters. The van der Waals surface area contributed by atoms with Crippen LogP contribution < -0.4 is 10.9 Å². The summed E-state index contributed by atoms with van der Waals surface area (Å²) in [5.74, 6) is 0.467. The molecule has 7 nitrogen and oxygen atoms in total. The zero-order valence-electron chi connectivity index (χ0n) is 14.9. The number of hydrogen-bond acceptors (Lipinski definition) is 5. The molecule has 132 valence electrons. The van der Waals surface area contributed by atoms with Gasteiger partial charge in [-0.05, 0) is 18.7 Å². The van der Waals surface area contributed by atoms with Gasteiger partial charge in [0.05, 0.1) is 12.2 Å². The molecule has 0 amide bonds. The fourth-order valence-electron chi connectivity index (χ4n) is 3.11. The second-order valence-corrected chi connectivity index (χ2v) is 5.95. The van der Waals surface area contributed by atoms with Crippen LogP contribution in [0.4, 0.5) is 5.95 Å². The predicted octanol–water partition coefficient (Wildman–Crippen LogP) is 2.15. The quantitative estimate of drug-likeness (QED) is 0.689. The molecule has 1 aromatic carbocycles. The number of aromatic amines is 1. The summed E-state index contributed by atoms with van der Waals surface area (Å²) < 4.78 is 1.61. The van der Waals surface area contributed by atoms with E-state index in [0.29, 0.717) is 23.5 Å². The molecule has 2 N–H and O–H groups in total. The highest BCUT2D eigenvalue weighted by Crippen LogP contribution is 2.20. The number of nitrogens with zero attached hydrogens (tertiary/aromatic N) is 4. The number of aromatic nitrogens is 4. The summed E-state index contributed by atoms with van der Waals surface area (Å²) in [5, 5.41) is 7.88. The van der Waals surface area contributed by atoms with Crippen LogP contribution in [0.3, 0.4) is 0 Å². The van der Waals surface area contributed by atoms with Crippen LogP contribution in [-0.2, 0) is 7.05 Å². The Bertz CT molecular complexity index is 881. The third-order valence-corrected chi connectivity index (χ3v) is 4.50. The van der Waals surface area contributed by atoms with E-state index in [1.165, 1.54) is 11.8 Å². The molecule has 0 radical (unpaired) electrons. The van der Waals surface area contributed by atoms with Crippen molar-refractivity contribution in [2.45, 2.75) is 19.9 Å². The average molecular weight is 340 g/mol. The standard InChI is InChI=1S/C18H24N6O/c1-4-24(5-2)15(13-9-7-6-8-10-13)12-19-18-21-16-14(17(25)22-18)11-20-23(16)3/h6-11,15H,4-5,12H2,1-3H3,(H2,19,21,22,25)/t15-/m1/s1. The van der Waals surface area contributed by atoms with Gasteiger partial charge in [-0.2, -0.15) is 10.1 Å². The molecule has 0 bridgehead atoms. The molecule has 0 aliphatic heterocycles. The highest BCUT2D eigenvalue weighted by atomic mass is 16.1. The van der Waals surface area contributed by atoms with E-state index in [2.05, 4.69) is 51.3 Å². The zero-order chi connectivity index (χ0) is 17.8. The maximum Gasteiger partial charge on any atom is 0.263 e. The van der Waals surface area contributed by atoms with E-state index < -0.39 is 0 Å². The van der Waals surface area contributed by atoms with Gasteiger partial charge in [0.2, 0.25) is 5.95 Å². The molecule has 25 heavy (non-hydrogen) atoms. The Hall–Kier alpha value is -2.67. The van der Waals surface area contributed by atoms with Crippen molar-refractivity contribution in [1.29, 1.82) is 0 Å². The summed E-state index contributed by atoms with van der Waals surface area (Å²) in [5.41, 5.74) is 1.63. The summed E-state index contributed by atoms with van der Waals surface area (Å²) in [6, 6.07) is 10.6. The van der Waals surface area contributed by atoms with Crippen molar-refractivity contribution < 1.29 is 0 Å². The maximum absolute atomic E-state index is 12.2. The van der Waals surface area contributed by atoms with Crippen molar-refractivity contribution in [1.82, 2.24) is 24.6 Å². The van der Waals surface area contributed by atoms with Gasteiger partial charge in [-0.15, -0.1) is 0 Å². The monoisotopic (exact) mass is 340 g/mol. The van der Waals surface area contributed by atoms with E-state index in [-0.39, 0.29) is 11.6 Å². The Morgan fingerprint density at radius 1 is 1.24 bits per heavy atom. The molecule has 0 aliphatic carbocycles. The Kier molecular flexibility index (Phi) is 5.14. The zero-order valence-corrected chi connectivity index (χ0v) is 14.9. The molecular formula is C18H24N6O. The van der Waals surface area contributed by atoms with Crippen LogP contribution in [0, 0.1) is 0 Å². The topological polar surface area (TPSA) is 78.8 Å². The Morgan fingerprint density at radius 2 is 1.96 bits per heavy atom. The molecule has 3 rings (SSSR count). The number of hydrogen-bond donors (Lipinski definition) is 2. The lowest BCUT2D eigenvalue weighted by Crippen LogP contribution is -2.33. The number of H-pyrrole nitrogens is 1. The lowest BCUT2D eigenvalue weighted by molar-refractivity contribution is 0.228. The van der Waals surface area contributed by atoms with Crippen molar-refractivity contribution in [3.8, 4) is 0 Å². The van der Waals surface area contributed by atoms with Gasteiger partial charge in [-0.3, -0.25) is 19.4 Å². The summed E-state index contributed by atoms with van der Waals surface area (Å²) in [7, 11) is 1.78. The predicted molar refractivity (Wildman–Crippen MR) is 99.7 cm³/mol. The molecule has 0 aliphatic rings. The van der Waals surface area contributed by atoms with Crippen LogP contribution in [-0.4, -0.2) is 44.3 Å². The minimum Gasteiger partial charge on any atom is -0.354 e. The summed E-state index contributed by atoms with van der Waals surface area (Å²) in [4.78, 5) is 21.8. The van der Waals surface area contributed by atoms with Crippen LogP contribution in [0.1, 0.15) is 25.5 Å². The summed E-state index contributed by atoms with van der Waals surface area (Å²) in [6.45, 7) is 6.85. The molecule has 3 aromatic rings. The molecule has 0 saturated heterocycles. The molecule has 1 atom stereocenters. The average Bonchev–Trinajstić information content (AvgIpc) is 3.01. The molecule has 0 spiro atoms. The molecule has 0 saturated carbocycles. The normalized spacial score (nSPS) is 12.6. The SMILES string of the molecule is CCN(CC)[C@H](CNc1nc2c(cnn2C)c(=O)[nH]1)c1ccccc1. The van der Waals surface area contributed by atoms with Crippen LogP contribution in [0.25, 0.3) is 11.0 Å². The Balaban J connectivity index is 1.86. The van der Waals surface area contributed by atoms with Gasteiger partial charge in [0.1, 0.15) is 5.39 Å². The molecule has 0 fully saturated rings. The number of aryl methyl sites for hydroxylation is 1. The lowest BCUT2D eigenvalue weighted by Gasteiger charge is -2.30. The Labute approximate surface area is 146 Å². The molecule has 7 heteroatoms. The number of nitrogens with one attached hydrogen (secondary N) is 2. The molecule has 2 aromatic heterocycles. The Morgan fingerprint density at radius 3 is 2.64 bits per heavy atom. The number of anilines is 1. The van der Waals surface area contributed by atoms with Gasteiger partial charge in [-0.25, -0.2) is 0 Å². The van der Waals surface area contributed by atoms with Gasteiger partial charge < -0.3 is 5.32 Å². The van der Waals surface area contributed by atoms with Crippen molar-refractivity contribution in [2.75, 3.05) is 25.0 Å². The third kappa shape index (κ3) is 3.56. The van der Waals surface area contributed by atoms with Crippen LogP contribution >= 0.6 is 0 Å². The van der Waals surface area contributed by atoms with Gasteiger partial charge >= 0.3 is 0 Å². The second kappa shape index (κ2) is 7.48. The maximum atomic E-state index is 12.2. The number of benzene rings is 1. The highest BCUT2D eigenvalue weighted by Gasteiger charge is 2.18. The minimum atomic E-state index is -0.181. The lowest BCUT2D eigenvalue weighted by atomic mass is 10.1. The van der Waals surface area contributed by atoms with Gasteiger partial charge in [0.15, 0.2) is 5.65 Å². The molecular weight excluding hydrogens is 316 g/mol. The van der Waals surface area contributed by atoms with Crippen LogP contribution in [0.2, 0.25) is 0 Å². The van der Waals surface area contributed by atoms with Crippen LogP contribution in [0.15, 0.2) is 41.3 Å². The third-order valence-electron chi connectivity index (χ3n) is 4.50. The fourth-order valence-corrected chi connectivity index (χ4v) is 3.11. The van der Waals surface area contributed by atoms with Crippen molar-refractivity contribution in [2.24, 2.45) is 7.05 Å². The highest BCUT2D eigenvalue weighted by molar-refractivity contribution is 5.74. The first kappa shape index (κ1) is 17.2.